The van der Waals surface area contributed by atoms with Crippen molar-refractivity contribution in [3.8, 4) is 0 Å². The Morgan fingerprint density at radius 1 is 1.25 bits per heavy atom. The Morgan fingerprint density at radius 2 is 1.90 bits per heavy atom. The van der Waals surface area contributed by atoms with Crippen molar-refractivity contribution < 1.29 is 9.90 Å². The first-order valence-corrected chi connectivity index (χ1v) is 6.46. The van der Waals surface area contributed by atoms with Gasteiger partial charge in [-0.05, 0) is 38.5 Å². The third-order valence-corrected chi connectivity index (χ3v) is 3.28. The first-order valence-electron chi connectivity index (χ1n) is 6.46. The van der Waals surface area contributed by atoms with Crippen LogP contribution in [0.1, 0.15) is 28.1 Å². The summed E-state index contributed by atoms with van der Waals surface area (Å²) in [7, 11) is 0. The normalized spacial score (nSPS) is 11.2. The van der Waals surface area contributed by atoms with Gasteiger partial charge in [0.15, 0.2) is 0 Å². The molecule has 20 heavy (non-hydrogen) atoms. The number of nitrogens with zero attached hydrogens (tertiary/aromatic N) is 2. The van der Waals surface area contributed by atoms with E-state index in [-0.39, 0.29) is 0 Å². The van der Waals surface area contributed by atoms with E-state index < -0.39 is 5.97 Å². The van der Waals surface area contributed by atoms with Crippen LogP contribution >= 0.6 is 0 Å². The smallest absolute Gasteiger partial charge is 0.0669 e. The van der Waals surface area contributed by atoms with Crippen molar-refractivity contribution >= 4 is 12.0 Å². The highest BCUT2D eigenvalue weighted by Crippen LogP contribution is 2.16. The van der Waals surface area contributed by atoms with Crippen molar-refractivity contribution in [2.24, 2.45) is 0 Å². The summed E-state index contributed by atoms with van der Waals surface area (Å²) >= 11 is 0. The summed E-state index contributed by atoms with van der Waals surface area (Å²) in [6, 6.07) is 8.28. The lowest BCUT2D eigenvalue weighted by atomic mass is 10.1. The maximum atomic E-state index is 10.5. The second-order valence-electron chi connectivity index (χ2n) is 4.88. The van der Waals surface area contributed by atoms with E-state index in [0.717, 1.165) is 28.6 Å². The second-order valence-corrected chi connectivity index (χ2v) is 4.88. The van der Waals surface area contributed by atoms with Crippen LogP contribution < -0.4 is 5.11 Å². The van der Waals surface area contributed by atoms with Crippen molar-refractivity contribution in [2.75, 3.05) is 0 Å². The number of carboxylic acids is 1. The standard InChI is InChI=1S/C16H18N2O2/c1-11-4-6-14(7-5-11)10-18-13(3)15(12(2)17-18)8-9-16(19)20/h4-9H,10H2,1-3H3,(H,19,20)/p-1/b9-8+. The summed E-state index contributed by atoms with van der Waals surface area (Å²) in [6.07, 6.45) is 2.58. The molecular weight excluding hydrogens is 252 g/mol. The molecule has 4 nitrogen and oxygen atoms in total. The molecule has 0 bridgehead atoms. The molecule has 2 rings (SSSR count). The van der Waals surface area contributed by atoms with Crippen LogP contribution in [0.4, 0.5) is 0 Å². The Hall–Kier alpha value is -2.36. The lowest BCUT2D eigenvalue weighted by Gasteiger charge is -2.05. The predicted octanol–water partition coefficient (Wildman–Crippen LogP) is 1.62. The lowest BCUT2D eigenvalue weighted by molar-refractivity contribution is -0.297. The molecule has 0 saturated heterocycles. The van der Waals surface area contributed by atoms with Gasteiger partial charge in [0.25, 0.3) is 0 Å². The molecule has 2 aromatic rings. The zero-order valence-electron chi connectivity index (χ0n) is 11.9. The van der Waals surface area contributed by atoms with E-state index in [9.17, 15) is 9.90 Å². The minimum absolute atomic E-state index is 0.673. The Morgan fingerprint density at radius 3 is 2.50 bits per heavy atom. The molecule has 1 aromatic carbocycles. The number of hydrogen-bond donors (Lipinski definition) is 0. The van der Waals surface area contributed by atoms with Gasteiger partial charge in [-0.1, -0.05) is 29.8 Å². The first kappa shape index (κ1) is 14.1. The summed E-state index contributed by atoms with van der Waals surface area (Å²) in [4.78, 5) is 10.5. The topological polar surface area (TPSA) is 58.0 Å². The van der Waals surface area contributed by atoms with Crippen molar-refractivity contribution in [1.82, 2.24) is 9.78 Å². The van der Waals surface area contributed by atoms with E-state index in [4.69, 9.17) is 0 Å². The second kappa shape index (κ2) is 5.74. The van der Waals surface area contributed by atoms with Crippen LogP contribution in [0.2, 0.25) is 0 Å². The highest BCUT2D eigenvalue weighted by Gasteiger charge is 2.09. The van der Waals surface area contributed by atoms with Gasteiger partial charge in [0.05, 0.1) is 18.2 Å². The lowest BCUT2D eigenvalue weighted by Crippen LogP contribution is -2.18. The van der Waals surface area contributed by atoms with Gasteiger partial charge in [-0.15, -0.1) is 0 Å². The van der Waals surface area contributed by atoms with Gasteiger partial charge in [-0.25, -0.2) is 0 Å². The molecule has 0 spiro atoms. The predicted molar refractivity (Wildman–Crippen MR) is 76.0 cm³/mol. The van der Waals surface area contributed by atoms with Crippen LogP contribution in [0.5, 0.6) is 0 Å². The summed E-state index contributed by atoms with van der Waals surface area (Å²) < 4.78 is 1.88. The zero-order chi connectivity index (χ0) is 14.7. The van der Waals surface area contributed by atoms with Crippen LogP contribution in [0.25, 0.3) is 6.08 Å². The molecular formula is C16H17N2O2-. The Kier molecular flexibility index (Phi) is 4.03. The van der Waals surface area contributed by atoms with E-state index in [1.54, 1.807) is 6.08 Å². The first-order chi connectivity index (χ1) is 9.47. The molecule has 0 aliphatic carbocycles. The summed E-state index contributed by atoms with van der Waals surface area (Å²) in [5, 5.41) is 15.0. The fourth-order valence-electron chi connectivity index (χ4n) is 2.12. The number of aliphatic carboxylic acids is 1. The zero-order valence-corrected chi connectivity index (χ0v) is 11.9. The van der Waals surface area contributed by atoms with Crippen molar-refractivity contribution in [2.45, 2.75) is 27.3 Å². The molecule has 0 aliphatic rings. The number of rotatable bonds is 4. The molecule has 1 heterocycles. The average Bonchev–Trinajstić information content (AvgIpc) is 2.65. The summed E-state index contributed by atoms with van der Waals surface area (Å²) in [5.41, 5.74) is 4.98. The molecule has 0 atom stereocenters. The maximum absolute atomic E-state index is 10.5. The molecule has 0 N–H and O–H groups in total. The van der Waals surface area contributed by atoms with Crippen LogP contribution in [0.3, 0.4) is 0 Å². The maximum Gasteiger partial charge on any atom is 0.0669 e. The van der Waals surface area contributed by atoms with Gasteiger partial charge >= 0.3 is 0 Å². The number of aryl methyl sites for hydroxylation is 2. The average molecular weight is 269 g/mol. The molecule has 4 heteroatoms. The van der Waals surface area contributed by atoms with Gasteiger partial charge in [-0.3, -0.25) is 4.68 Å². The van der Waals surface area contributed by atoms with E-state index in [1.165, 1.54) is 5.56 Å². The minimum Gasteiger partial charge on any atom is -0.545 e. The van der Waals surface area contributed by atoms with Crippen LogP contribution in [-0.4, -0.2) is 15.7 Å². The number of carbonyl (C=O) groups excluding carboxylic acids is 1. The van der Waals surface area contributed by atoms with E-state index >= 15 is 0 Å². The summed E-state index contributed by atoms with van der Waals surface area (Å²) in [5.74, 6) is -1.20. The monoisotopic (exact) mass is 269 g/mol. The minimum atomic E-state index is -1.20. The van der Waals surface area contributed by atoms with E-state index in [1.807, 2.05) is 18.5 Å². The van der Waals surface area contributed by atoms with Gasteiger partial charge in [0.1, 0.15) is 0 Å². The Balaban J connectivity index is 2.27. The van der Waals surface area contributed by atoms with E-state index in [0.29, 0.717) is 6.54 Å². The number of carboxylic acid groups (broad SMARTS) is 1. The SMILES string of the molecule is Cc1ccc(Cn2nc(C)c(/C=C/C(=O)[O-])c2C)cc1. The van der Waals surface area contributed by atoms with Gasteiger partial charge in [0.2, 0.25) is 0 Å². The molecule has 0 aliphatic heterocycles. The van der Waals surface area contributed by atoms with Gasteiger partial charge in [-0.2, -0.15) is 5.10 Å². The quantitative estimate of drug-likeness (QED) is 0.792. The highest BCUT2D eigenvalue weighted by atomic mass is 16.4. The van der Waals surface area contributed by atoms with Crippen LogP contribution in [0, 0.1) is 20.8 Å². The van der Waals surface area contributed by atoms with Crippen molar-refractivity contribution in [3.63, 3.8) is 0 Å². The van der Waals surface area contributed by atoms with E-state index in [2.05, 4.69) is 36.3 Å². The van der Waals surface area contributed by atoms with Crippen molar-refractivity contribution in [1.29, 1.82) is 0 Å². The Labute approximate surface area is 118 Å². The largest absolute Gasteiger partial charge is 0.545 e. The number of hydrogen-bond acceptors (Lipinski definition) is 3. The number of benzene rings is 1. The van der Waals surface area contributed by atoms with Gasteiger partial charge in [0, 0.05) is 11.3 Å². The third kappa shape index (κ3) is 3.15. The third-order valence-electron chi connectivity index (χ3n) is 3.28. The van der Waals surface area contributed by atoms with Crippen LogP contribution in [-0.2, 0) is 11.3 Å². The molecule has 0 radical (unpaired) electrons. The fraction of sp³-hybridized carbons (Fsp3) is 0.250. The van der Waals surface area contributed by atoms with Crippen LogP contribution in [0.15, 0.2) is 30.3 Å². The number of carbonyl (C=O) groups is 1. The highest BCUT2D eigenvalue weighted by molar-refractivity contribution is 5.84. The Bertz CT molecular complexity index is 652. The fourth-order valence-corrected chi connectivity index (χ4v) is 2.12. The molecule has 0 saturated carbocycles. The molecule has 0 unspecified atom stereocenters. The molecule has 1 aromatic heterocycles. The van der Waals surface area contributed by atoms with Crippen molar-refractivity contribution in [3.05, 3.63) is 58.4 Å². The summed E-state index contributed by atoms with van der Waals surface area (Å²) in [6.45, 7) is 6.53. The molecule has 104 valence electrons. The molecule has 0 fully saturated rings. The van der Waals surface area contributed by atoms with Gasteiger partial charge < -0.3 is 9.90 Å². The molecule has 0 amide bonds. The number of aromatic nitrogens is 2.